The van der Waals surface area contributed by atoms with Crippen molar-refractivity contribution in [1.29, 1.82) is 0 Å². The first kappa shape index (κ1) is 12.8. The van der Waals surface area contributed by atoms with Crippen LogP contribution in [0.2, 0.25) is 0 Å². The summed E-state index contributed by atoms with van der Waals surface area (Å²) >= 11 is 0. The predicted molar refractivity (Wildman–Crippen MR) is 64.6 cm³/mol. The summed E-state index contributed by atoms with van der Waals surface area (Å²) in [6, 6.07) is 0.943. The highest BCUT2D eigenvalue weighted by molar-refractivity contribution is 5.89. The number of hydrogen-bond acceptors (Lipinski definition) is 3. The van der Waals surface area contributed by atoms with Crippen molar-refractivity contribution < 1.29 is 14.3 Å². The van der Waals surface area contributed by atoms with Crippen molar-refractivity contribution in [3.8, 4) is 0 Å². The normalized spacial score (nSPS) is 19.7. The summed E-state index contributed by atoms with van der Waals surface area (Å²) in [7, 11) is 0. The third kappa shape index (κ3) is 3.16. The molecule has 2 N–H and O–H groups in total. The number of hydrogen-bond donors (Lipinski definition) is 2. The second-order valence-corrected chi connectivity index (χ2v) is 4.46. The molecule has 2 amide bonds. The predicted octanol–water partition coefficient (Wildman–Crippen LogP) is 1.46. The molecular weight excluding hydrogens is 237 g/mol. The van der Waals surface area contributed by atoms with Gasteiger partial charge in [0.1, 0.15) is 5.82 Å². The molecule has 2 heterocycles. The molecule has 98 valence electrons. The number of piperidine rings is 1. The van der Waals surface area contributed by atoms with E-state index in [1.807, 2.05) is 0 Å². The van der Waals surface area contributed by atoms with Crippen LogP contribution in [0.1, 0.15) is 12.8 Å². The number of likely N-dealkylation sites (tertiary alicyclic amines) is 1. The fourth-order valence-corrected chi connectivity index (χ4v) is 2.08. The van der Waals surface area contributed by atoms with Gasteiger partial charge in [0.15, 0.2) is 0 Å². The largest absolute Gasteiger partial charge is 0.396 e. The SMILES string of the molecule is O=C(Nc1cncc(F)c1)N1CCC[C@@H](CO)C1. The number of aliphatic hydroxyl groups excluding tert-OH is 1. The maximum absolute atomic E-state index is 12.9. The highest BCUT2D eigenvalue weighted by atomic mass is 19.1. The van der Waals surface area contributed by atoms with Crippen molar-refractivity contribution >= 4 is 11.7 Å². The Morgan fingerprint density at radius 2 is 2.44 bits per heavy atom. The third-order valence-corrected chi connectivity index (χ3v) is 3.02. The fourth-order valence-electron chi connectivity index (χ4n) is 2.08. The van der Waals surface area contributed by atoms with Crippen molar-refractivity contribution in [3.05, 3.63) is 24.3 Å². The van der Waals surface area contributed by atoms with Crippen LogP contribution < -0.4 is 5.32 Å². The molecule has 1 atom stereocenters. The number of nitrogens with zero attached hydrogens (tertiary/aromatic N) is 2. The van der Waals surface area contributed by atoms with Crippen molar-refractivity contribution in [1.82, 2.24) is 9.88 Å². The van der Waals surface area contributed by atoms with Gasteiger partial charge in [0.2, 0.25) is 0 Å². The van der Waals surface area contributed by atoms with Crippen LogP contribution in [0, 0.1) is 11.7 Å². The van der Waals surface area contributed by atoms with Gasteiger partial charge >= 0.3 is 6.03 Å². The zero-order chi connectivity index (χ0) is 13.0. The van der Waals surface area contributed by atoms with E-state index in [2.05, 4.69) is 10.3 Å². The Labute approximate surface area is 105 Å². The zero-order valence-electron chi connectivity index (χ0n) is 9.97. The zero-order valence-corrected chi connectivity index (χ0v) is 9.97. The lowest BCUT2D eigenvalue weighted by Crippen LogP contribution is -2.43. The van der Waals surface area contributed by atoms with Crippen molar-refractivity contribution in [2.45, 2.75) is 12.8 Å². The molecule has 1 aromatic rings. The molecular formula is C12H16FN3O2. The molecule has 0 aromatic carbocycles. The number of carbonyl (C=O) groups is 1. The van der Waals surface area contributed by atoms with Gasteiger partial charge in [-0.3, -0.25) is 4.98 Å². The van der Waals surface area contributed by atoms with Gasteiger partial charge in [0, 0.05) is 25.8 Å². The number of carbonyl (C=O) groups excluding carboxylic acids is 1. The molecule has 2 rings (SSSR count). The Bertz CT molecular complexity index is 428. The average Bonchev–Trinajstić information content (AvgIpc) is 2.39. The van der Waals surface area contributed by atoms with E-state index >= 15 is 0 Å². The maximum Gasteiger partial charge on any atom is 0.321 e. The van der Waals surface area contributed by atoms with Gasteiger partial charge < -0.3 is 15.3 Å². The van der Waals surface area contributed by atoms with Gasteiger partial charge in [-0.15, -0.1) is 0 Å². The van der Waals surface area contributed by atoms with Crippen LogP contribution in [0.15, 0.2) is 18.5 Å². The van der Waals surface area contributed by atoms with Crippen LogP contribution in [0.5, 0.6) is 0 Å². The van der Waals surface area contributed by atoms with E-state index in [-0.39, 0.29) is 18.6 Å². The fraction of sp³-hybridized carbons (Fsp3) is 0.500. The van der Waals surface area contributed by atoms with Crippen LogP contribution in [0.25, 0.3) is 0 Å². The van der Waals surface area contributed by atoms with E-state index in [1.165, 1.54) is 12.3 Å². The topological polar surface area (TPSA) is 65.5 Å². The Morgan fingerprint density at radius 3 is 3.17 bits per heavy atom. The second kappa shape index (κ2) is 5.77. The summed E-state index contributed by atoms with van der Waals surface area (Å²) in [5.74, 6) is -0.352. The monoisotopic (exact) mass is 253 g/mol. The molecule has 6 heteroatoms. The second-order valence-electron chi connectivity index (χ2n) is 4.46. The molecule has 1 fully saturated rings. The van der Waals surface area contributed by atoms with Crippen LogP contribution in [-0.2, 0) is 0 Å². The highest BCUT2D eigenvalue weighted by Crippen LogP contribution is 2.17. The Morgan fingerprint density at radius 1 is 1.61 bits per heavy atom. The number of anilines is 1. The highest BCUT2D eigenvalue weighted by Gasteiger charge is 2.23. The molecule has 0 saturated carbocycles. The summed E-state index contributed by atoms with van der Waals surface area (Å²) in [5.41, 5.74) is 0.339. The van der Waals surface area contributed by atoms with Gasteiger partial charge in [-0.05, 0) is 18.8 Å². The Kier molecular flexibility index (Phi) is 4.09. The van der Waals surface area contributed by atoms with Crippen molar-refractivity contribution in [3.63, 3.8) is 0 Å². The molecule has 1 aliphatic heterocycles. The Hall–Kier alpha value is -1.69. The quantitative estimate of drug-likeness (QED) is 0.838. The summed E-state index contributed by atoms with van der Waals surface area (Å²) in [6.07, 6.45) is 4.29. The van der Waals surface area contributed by atoms with E-state index in [1.54, 1.807) is 4.90 Å². The van der Waals surface area contributed by atoms with E-state index in [4.69, 9.17) is 5.11 Å². The van der Waals surface area contributed by atoms with Crippen LogP contribution in [-0.4, -0.2) is 40.7 Å². The minimum absolute atomic E-state index is 0.0886. The molecule has 0 aliphatic carbocycles. The first-order valence-electron chi connectivity index (χ1n) is 5.96. The van der Waals surface area contributed by atoms with Gasteiger partial charge in [-0.1, -0.05) is 0 Å². The van der Waals surface area contributed by atoms with Crippen molar-refractivity contribution in [2.75, 3.05) is 25.0 Å². The molecule has 0 radical (unpaired) electrons. The molecule has 0 unspecified atom stereocenters. The number of aliphatic hydroxyl groups is 1. The van der Waals surface area contributed by atoms with Crippen LogP contribution in [0.3, 0.4) is 0 Å². The molecule has 0 bridgehead atoms. The molecule has 1 aromatic heterocycles. The summed E-state index contributed by atoms with van der Waals surface area (Å²) in [6.45, 7) is 1.28. The lowest BCUT2D eigenvalue weighted by Gasteiger charge is -2.31. The average molecular weight is 253 g/mol. The summed E-state index contributed by atoms with van der Waals surface area (Å²) in [4.78, 5) is 17.2. The van der Waals surface area contributed by atoms with Crippen LogP contribution >= 0.6 is 0 Å². The van der Waals surface area contributed by atoms with E-state index in [0.717, 1.165) is 19.0 Å². The van der Waals surface area contributed by atoms with E-state index < -0.39 is 5.82 Å². The van der Waals surface area contributed by atoms with Gasteiger partial charge in [-0.25, -0.2) is 9.18 Å². The first-order valence-corrected chi connectivity index (χ1v) is 5.96. The molecule has 18 heavy (non-hydrogen) atoms. The molecule has 5 nitrogen and oxygen atoms in total. The number of urea groups is 1. The molecule has 1 saturated heterocycles. The number of halogens is 1. The molecule has 0 spiro atoms. The van der Waals surface area contributed by atoms with Crippen molar-refractivity contribution in [2.24, 2.45) is 5.92 Å². The third-order valence-electron chi connectivity index (χ3n) is 3.02. The lowest BCUT2D eigenvalue weighted by molar-refractivity contribution is 0.136. The summed E-state index contributed by atoms with van der Waals surface area (Å²) < 4.78 is 12.9. The van der Waals surface area contributed by atoms with Crippen LogP contribution in [0.4, 0.5) is 14.9 Å². The summed E-state index contributed by atoms with van der Waals surface area (Å²) in [5, 5.41) is 11.7. The molecule has 1 aliphatic rings. The number of pyridine rings is 1. The minimum Gasteiger partial charge on any atom is -0.396 e. The number of aromatic nitrogens is 1. The van der Waals surface area contributed by atoms with E-state index in [0.29, 0.717) is 18.8 Å². The minimum atomic E-state index is -0.486. The Balaban J connectivity index is 1.95. The van der Waals surface area contributed by atoms with Gasteiger partial charge in [0.05, 0.1) is 18.1 Å². The lowest BCUT2D eigenvalue weighted by atomic mass is 9.99. The van der Waals surface area contributed by atoms with Gasteiger partial charge in [-0.2, -0.15) is 0 Å². The van der Waals surface area contributed by atoms with Gasteiger partial charge in [0.25, 0.3) is 0 Å². The maximum atomic E-state index is 12.9. The smallest absolute Gasteiger partial charge is 0.321 e. The standard InChI is InChI=1S/C12H16FN3O2/c13-10-4-11(6-14-5-10)15-12(18)16-3-1-2-9(7-16)8-17/h4-6,9,17H,1-3,7-8H2,(H,15,18)/t9-/m1/s1. The number of amides is 2. The number of nitrogens with one attached hydrogen (secondary N) is 1. The first-order chi connectivity index (χ1) is 8.69. The number of rotatable bonds is 2. The van der Waals surface area contributed by atoms with E-state index in [9.17, 15) is 9.18 Å².